The van der Waals surface area contributed by atoms with Crippen LogP contribution >= 0.6 is 23.4 Å². The zero-order chi connectivity index (χ0) is 22.0. The smallest absolute Gasteiger partial charge is 0.417 e. The number of rotatable bonds is 7. The summed E-state index contributed by atoms with van der Waals surface area (Å²) in [5.74, 6) is 0.423. The van der Waals surface area contributed by atoms with Crippen LogP contribution in [0.3, 0.4) is 0 Å². The zero-order valence-corrected chi connectivity index (χ0v) is 17.5. The van der Waals surface area contributed by atoms with Gasteiger partial charge in [0.25, 0.3) is 0 Å². The van der Waals surface area contributed by atoms with Crippen molar-refractivity contribution in [2.24, 2.45) is 0 Å². The predicted molar refractivity (Wildman–Crippen MR) is 108 cm³/mol. The Morgan fingerprint density at radius 1 is 1.19 bits per heavy atom. The lowest BCUT2D eigenvalue weighted by molar-refractivity contribution is -0.138. The van der Waals surface area contributed by atoms with Crippen molar-refractivity contribution in [1.29, 1.82) is 0 Å². The lowest BCUT2D eigenvalue weighted by atomic mass is 10.2. The van der Waals surface area contributed by atoms with Crippen LogP contribution < -0.4 is 0 Å². The number of hydrogen-bond donors (Lipinski definition) is 0. The topological polar surface area (TPSA) is 72.1 Å². The fourth-order valence-electron chi connectivity index (χ4n) is 2.87. The van der Waals surface area contributed by atoms with Gasteiger partial charge in [0, 0.05) is 12.2 Å². The average molecular weight is 469 g/mol. The molecule has 1 amide bonds. The molecule has 0 bridgehead atoms. The molecular formula is C20H16ClF3N4O2S. The van der Waals surface area contributed by atoms with Crippen LogP contribution in [0.5, 0.6) is 0 Å². The number of carbonyl (C=O) groups excluding carboxylic acids is 1. The van der Waals surface area contributed by atoms with E-state index in [1.54, 1.807) is 29.2 Å². The molecule has 0 unspecified atom stereocenters. The second-order valence-electron chi connectivity index (χ2n) is 6.91. The van der Waals surface area contributed by atoms with Gasteiger partial charge in [-0.05, 0) is 37.1 Å². The van der Waals surface area contributed by atoms with Gasteiger partial charge >= 0.3 is 6.18 Å². The Hall–Kier alpha value is -2.59. The molecule has 1 aliphatic carbocycles. The van der Waals surface area contributed by atoms with E-state index in [1.165, 1.54) is 6.07 Å². The van der Waals surface area contributed by atoms with Crippen LogP contribution in [-0.4, -0.2) is 37.8 Å². The van der Waals surface area contributed by atoms with E-state index in [9.17, 15) is 18.0 Å². The van der Waals surface area contributed by atoms with Crippen LogP contribution in [0, 0.1) is 0 Å². The van der Waals surface area contributed by atoms with Gasteiger partial charge in [-0.3, -0.25) is 4.79 Å². The molecule has 11 heteroatoms. The van der Waals surface area contributed by atoms with Crippen molar-refractivity contribution in [1.82, 2.24) is 20.1 Å². The molecule has 1 fully saturated rings. The highest BCUT2D eigenvalue weighted by molar-refractivity contribution is 7.99. The van der Waals surface area contributed by atoms with E-state index in [-0.39, 0.29) is 36.0 Å². The third kappa shape index (κ3) is 5.37. The molecule has 3 aromatic rings. The van der Waals surface area contributed by atoms with Crippen molar-refractivity contribution in [3.63, 3.8) is 0 Å². The molecule has 1 aromatic carbocycles. The molecule has 0 radical (unpaired) electrons. The summed E-state index contributed by atoms with van der Waals surface area (Å²) in [6, 6.07) is 9.37. The maximum atomic E-state index is 12.7. The summed E-state index contributed by atoms with van der Waals surface area (Å²) in [6.45, 7) is 0.155. The van der Waals surface area contributed by atoms with Gasteiger partial charge in [-0.1, -0.05) is 35.5 Å². The molecule has 0 spiro atoms. The summed E-state index contributed by atoms with van der Waals surface area (Å²) in [5, 5.41) is 8.86. The van der Waals surface area contributed by atoms with Gasteiger partial charge in [0.15, 0.2) is 0 Å². The van der Waals surface area contributed by atoms with E-state index in [2.05, 4.69) is 15.2 Å². The van der Waals surface area contributed by atoms with Gasteiger partial charge in [0.05, 0.1) is 33.5 Å². The van der Waals surface area contributed by atoms with E-state index in [0.717, 1.165) is 36.9 Å². The lowest BCUT2D eigenvalue weighted by Gasteiger charge is -2.20. The highest BCUT2D eigenvalue weighted by atomic mass is 35.5. The van der Waals surface area contributed by atoms with Crippen molar-refractivity contribution < 1.29 is 22.4 Å². The Kier molecular flexibility index (Phi) is 6.19. The van der Waals surface area contributed by atoms with Crippen molar-refractivity contribution in [2.75, 3.05) is 5.75 Å². The Labute approximate surface area is 184 Å². The molecule has 0 saturated heterocycles. The van der Waals surface area contributed by atoms with Gasteiger partial charge < -0.3 is 9.32 Å². The minimum Gasteiger partial charge on any atom is -0.419 e. The maximum absolute atomic E-state index is 12.7. The maximum Gasteiger partial charge on any atom is 0.417 e. The van der Waals surface area contributed by atoms with Crippen molar-refractivity contribution in [3.8, 4) is 11.5 Å². The van der Waals surface area contributed by atoms with Gasteiger partial charge in [-0.25, -0.2) is 4.98 Å². The van der Waals surface area contributed by atoms with Crippen LogP contribution in [0.4, 0.5) is 13.2 Å². The molecule has 31 heavy (non-hydrogen) atoms. The number of pyridine rings is 1. The molecule has 1 aliphatic rings. The summed E-state index contributed by atoms with van der Waals surface area (Å²) in [5.41, 5.74) is -0.218. The van der Waals surface area contributed by atoms with Crippen LogP contribution in [0.15, 0.2) is 52.0 Å². The lowest BCUT2D eigenvalue weighted by Crippen LogP contribution is -2.34. The van der Waals surface area contributed by atoms with Gasteiger partial charge in [-0.2, -0.15) is 13.2 Å². The Balaban J connectivity index is 1.39. The third-order valence-electron chi connectivity index (χ3n) is 4.59. The first-order chi connectivity index (χ1) is 14.8. The normalized spacial score (nSPS) is 13.9. The van der Waals surface area contributed by atoms with Gasteiger partial charge in [0.1, 0.15) is 0 Å². The molecule has 1 saturated carbocycles. The van der Waals surface area contributed by atoms with Crippen molar-refractivity contribution in [3.05, 3.63) is 59.1 Å². The van der Waals surface area contributed by atoms with E-state index >= 15 is 0 Å². The highest BCUT2D eigenvalue weighted by Gasteiger charge is 2.34. The highest BCUT2D eigenvalue weighted by Crippen LogP contribution is 2.32. The number of thioether (sulfide) groups is 1. The molecule has 0 aliphatic heterocycles. The predicted octanol–water partition coefficient (Wildman–Crippen LogP) is 5.09. The minimum absolute atomic E-state index is 0.0420. The summed E-state index contributed by atoms with van der Waals surface area (Å²) >= 11 is 7.24. The molecule has 2 heterocycles. The first kappa shape index (κ1) is 21.6. The van der Waals surface area contributed by atoms with Crippen LogP contribution in [0.2, 0.25) is 5.02 Å². The second kappa shape index (κ2) is 8.88. The number of aromatic nitrogens is 3. The Morgan fingerprint density at radius 2 is 1.97 bits per heavy atom. The summed E-state index contributed by atoms with van der Waals surface area (Å²) in [7, 11) is 0. The largest absolute Gasteiger partial charge is 0.419 e. The number of nitrogens with zero attached hydrogens (tertiary/aromatic N) is 4. The van der Waals surface area contributed by atoms with Gasteiger partial charge in [-0.15, -0.1) is 10.2 Å². The first-order valence-corrected chi connectivity index (χ1v) is 10.7. The minimum atomic E-state index is -4.44. The second-order valence-corrected chi connectivity index (χ2v) is 8.31. The summed E-state index contributed by atoms with van der Waals surface area (Å²) in [6.07, 6.45) is -1.93. The summed E-state index contributed by atoms with van der Waals surface area (Å²) in [4.78, 5) is 18.2. The summed E-state index contributed by atoms with van der Waals surface area (Å²) < 4.78 is 43.6. The number of carbonyl (C=O) groups is 1. The molecule has 0 atom stereocenters. The van der Waals surface area contributed by atoms with Crippen LogP contribution in [-0.2, 0) is 17.5 Å². The van der Waals surface area contributed by atoms with Crippen LogP contribution in [0.1, 0.15) is 24.3 Å². The molecule has 4 rings (SSSR count). The average Bonchev–Trinajstić information content (AvgIpc) is 3.48. The number of hydrogen-bond acceptors (Lipinski definition) is 6. The first-order valence-electron chi connectivity index (χ1n) is 9.34. The molecule has 162 valence electrons. The quantitative estimate of drug-likeness (QED) is 0.450. The SMILES string of the molecule is O=C(CSc1ccc(C(F)(F)F)cn1)N(Cc1nnc(-c2ccccc2Cl)o1)C1CC1. The van der Waals surface area contributed by atoms with E-state index in [0.29, 0.717) is 15.6 Å². The standard InChI is InChI=1S/C20H16ClF3N4O2S/c21-15-4-2-1-3-14(15)19-27-26-16(30-19)10-28(13-6-7-13)18(29)11-31-17-8-5-12(9-25-17)20(22,23)24/h1-5,8-9,13H,6-7,10-11H2. The molecular weight excluding hydrogens is 453 g/mol. The fourth-order valence-corrected chi connectivity index (χ4v) is 3.81. The van der Waals surface area contributed by atoms with Crippen LogP contribution in [0.25, 0.3) is 11.5 Å². The Morgan fingerprint density at radius 3 is 2.61 bits per heavy atom. The number of halogens is 4. The zero-order valence-electron chi connectivity index (χ0n) is 16.0. The number of alkyl halides is 3. The number of amides is 1. The van der Waals surface area contributed by atoms with Gasteiger partial charge in [0.2, 0.25) is 17.7 Å². The van der Waals surface area contributed by atoms with E-state index < -0.39 is 11.7 Å². The Bertz CT molecular complexity index is 1070. The molecule has 2 aromatic heterocycles. The van der Waals surface area contributed by atoms with E-state index in [1.807, 2.05) is 0 Å². The third-order valence-corrected chi connectivity index (χ3v) is 5.85. The monoisotopic (exact) mass is 468 g/mol. The fraction of sp³-hybridized carbons (Fsp3) is 0.300. The van der Waals surface area contributed by atoms with E-state index in [4.69, 9.17) is 16.0 Å². The molecule has 0 N–H and O–H groups in total. The molecule has 6 nitrogen and oxygen atoms in total. The van der Waals surface area contributed by atoms with Crippen molar-refractivity contribution in [2.45, 2.75) is 36.6 Å². The number of benzene rings is 1. The van der Waals surface area contributed by atoms with Crippen molar-refractivity contribution >= 4 is 29.3 Å².